The van der Waals surface area contributed by atoms with Crippen LogP contribution in [0.15, 0.2) is 53.4 Å². The second-order valence-corrected chi connectivity index (χ2v) is 7.22. The highest BCUT2D eigenvalue weighted by molar-refractivity contribution is 7.92. The van der Waals surface area contributed by atoms with Crippen molar-refractivity contribution >= 4 is 15.7 Å². The zero-order valence-corrected chi connectivity index (χ0v) is 14.2. The maximum Gasteiger partial charge on any atom is 0.261 e. The Morgan fingerprint density at radius 1 is 0.955 bits per heavy atom. The molecule has 0 radical (unpaired) electrons. The standard InChI is InChI=1S/C18H23NO2S/c1-4-14(3)16-8-10-17(11-9-16)19-22(20,21)18-12-6-15(5-2)7-13-18/h6-14,19H,4-5H2,1-3H3/t14-/m0/s1. The van der Waals surface area contributed by atoms with Gasteiger partial charge in [-0.3, -0.25) is 4.72 Å². The van der Waals surface area contributed by atoms with E-state index < -0.39 is 10.0 Å². The molecule has 2 rings (SSSR count). The van der Waals surface area contributed by atoms with E-state index in [4.69, 9.17) is 0 Å². The fraction of sp³-hybridized carbons (Fsp3) is 0.333. The number of anilines is 1. The first-order valence-electron chi connectivity index (χ1n) is 7.68. The molecule has 1 N–H and O–H groups in total. The molecular weight excluding hydrogens is 294 g/mol. The lowest BCUT2D eigenvalue weighted by Crippen LogP contribution is -2.13. The van der Waals surface area contributed by atoms with E-state index in [2.05, 4.69) is 18.6 Å². The van der Waals surface area contributed by atoms with Gasteiger partial charge in [0.1, 0.15) is 0 Å². The predicted molar refractivity (Wildman–Crippen MR) is 91.8 cm³/mol. The van der Waals surface area contributed by atoms with Gasteiger partial charge < -0.3 is 0 Å². The Morgan fingerprint density at radius 3 is 2.05 bits per heavy atom. The van der Waals surface area contributed by atoms with Crippen molar-refractivity contribution in [2.24, 2.45) is 0 Å². The SMILES string of the molecule is CCc1ccc(S(=O)(=O)Nc2ccc([C@@H](C)CC)cc2)cc1. The minimum Gasteiger partial charge on any atom is -0.280 e. The normalized spacial score (nSPS) is 12.9. The molecule has 2 aromatic carbocycles. The Morgan fingerprint density at radius 2 is 1.55 bits per heavy atom. The molecule has 4 heteroatoms. The molecule has 0 aliphatic rings. The second-order valence-electron chi connectivity index (χ2n) is 5.53. The van der Waals surface area contributed by atoms with Gasteiger partial charge in [0.15, 0.2) is 0 Å². The highest BCUT2D eigenvalue weighted by atomic mass is 32.2. The first kappa shape index (κ1) is 16.6. The molecule has 0 saturated carbocycles. The monoisotopic (exact) mass is 317 g/mol. The minimum absolute atomic E-state index is 0.288. The Labute approximate surface area is 133 Å². The van der Waals surface area contributed by atoms with E-state index in [0.717, 1.165) is 18.4 Å². The molecule has 0 spiro atoms. The molecule has 0 bridgehead atoms. The summed E-state index contributed by atoms with van der Waals surface area (Å²) in [5.74, 6) is 0.479. The highest BCUT2D eigenvalue weighted by Gasteiger charge is 2.14. The Balaban J connectivity index is 2.17. The van der Waals surface area contributed by atoms with Crippen molar-refractivity contribution in [3.63, 3.8) is 0 Å². The van der Waals surface area contributed by atoms with Crippen LogP contribution >= 0.6 is 0 Å². The van der Waals surface area contributed by atoms with Crippen LogP contribution in [-0.4, -0.2) is 8.42 Å². The van der Waals surface area contributed by atoms with Crippen LogP contribution < -0.4 is 4.72 Å². The summed E-state index contributed by atoms with van der Waals surface area (Å²) < 4.78 is 27.4. The van der Waals surface area contributed by atoms with E-state index >= 15 is 0 Å². The number of aryl methyl sites for hydroxylation is 1. The van der Waals surface area contributed by atoms with Crippen molar-refractivity contribution in [1.29, 1.82) is 0 Å². The molecule has 0 amide bonds. The molecule has 0 aliphatic carbocycles. The lowest BCUT2D eigenvalue weighted by atomic mass is 9.99. The molecule has 0 heterocycles. The van der Waals surface area contributed by atoms with Crippen molar-refractivity contribution in [2.45, 2.75) is 44.4 Å². The van der Waals surface area contributed by atoms with Crippen LogP contribution in [0, 0.1) is 0 Å². The minimum atomic E-state index is -3.53. The summed E-state index contributed by atoms with van der Waals surface area (Å²) in [6, 6.07) is 14.6. The molecule has 2 aromatic rings. The number of benzene rings is 2. The van der Waals surface area contributed by atoms with Gasteiger partial charge in [-0.1, -0.05) is 45.0 Å². The summed E-state index contributed by atoms with van der Waals surface area (Å²) in [4.78, 5) is 0.288. The molecule has 0 aromatic heterocycles. The van der Waals surface area contributed by atoms with Crippen molar-refractivity contribution in [3.05, 3.63) is 59.7 Å². The number of nitrogens with one attached hydrogen (secondary N) is 1. The molecule has 118 valence electrons. The van der Waals surface area contributed by atoms with Crippen molar-refractivity contribution in [3.8, 4) is 0 Å². The summed E-state index contributed by atoms with van der Waals surface area (Å²) in [7, 11) is -3.53. The van der Waals surface area contributed by atoms with Crippen LogP contribution in [0.3, 0.4) is 0 Å². The number of hydrogen-bond donors (Lipinski definition) is 1. The molecule has 22 heavy (non-hydrogen) atoms. The summed E-state index contributed by atoms with van der Waals surface area (Å²) in [6.45, 7) is 6.34. The molecule has 1 atom stereocenters. The van der Waals surface area contributed by atoms with Gasteiger partial charge in [-0.15, -0.1) is 0 Å². The Bertz CT molecular complexity index is 704. The van der Waals surface area contributed by atoms with Crippen molar-refractivity contribution in [1.82, 2.24) is 0 Å². The predicted octanol–water partition coefficient (Wildman–Crippen LogP) is 4.56. The third kappa shape index (κ3) is 3.89. The lowest BCUT2D eigenvalue weighted by Gasteiger charge is -2.12. The number of rotatable bonds is 6. The van der Waals surface area contributed by atoms with E-state index in [0.29, 0.717) is 11.6 Å². The average molecular weight is 317 g/mol. The van der Waals surface area contributed by atoms with Gasteiger partial charge in [0.25, 0.3) is 10.0 Å². The summed E-state index contributed by atoms with van der Waals surface area (Å²) in [5.41, 5.74) is 2.93. The van der Waals surface area contributed by atoms with Crippen LogP contribution in [0.4, 0.5) is 5.69 Å². The quantitative estimate of drug-likeness (QED) is 0.848. The van der Waals surface area contributed by atoms with Gasteiger partial charge in [-0.2, -0.15) is 0 Å². The van der Waals surface area contributed by atoms with Crippen LogP contribution in [0.1, 0.15) is 44.2 Å². The van der Waals surface area contributed by atoms with Crippen LogP contribution in [0.2, 0.25) is 0 Å². The third-order valence-electron chi connectivity index (χ3n) is 3.99. The molecule has 0 aliphatic heterocycles. The third-order valence-corrected chi connectivity index (χ3v) is 5.38. The Kier molecular flexibility index (Phi) is 5.24. The first-order valence-corrected chi connectivity index (χ1v) is 9.16. The highest BCUT2D eigenvalue weighted by Crippen LogP contribution is 2.22. The van der Waals surface area contributed by atoms with Crippen LogP contribution in [0.25, 0.3) is 0 Å². The largest absolute Gasteiger partial charge is 0.280 e. The first-order chi connectivity index (χ1) is 10.5. The van der Waals surface area contributed by atoms with E-state index in [1.54, 1.807) is 12.1 Å². The summed E-state index contributed by atoms with van der Waals surface area (Å²) in [6.07, 6.45) is 1.96. The van der Waals surface area contributed by atoms with Gasteiger partial charge in [0.2, 0.25) is 0 Å². The second kappa shape index (κ2) is 6.97. The van der Waals surface area contributed by atoms with E-state index in [-0.39, 0.29) is 4.90 Å². The van der Waals surface area contributed by atoms with E-state index in [1.807, 2.05) is 43.3 Å². The van der Waals surface area contributed by atoms with Crippen LogP contribution in [-0.2, 0) is 16.4 Å². The lowest BCUT2D eigenvalue weighted by molar-refractivity contribution is 0.601. The van der Waals surface area contributed by atoms with Gasteiger partial charge in [0, 0.05) is 5.69 Å². The average Bonchev–Trinajstić information content (AvgIpc) is 2.54. The fourth-order valence-electron chi connectivity index (χ4n) is 2.23. The zero-order chi connectivity index (χ0) is 16.2. The molecular formula is C18H23NO2S. The number of hydrogen-bond acceptors (Lipinski definition) is 2. The van der Waals surface area contributed by atoms with E-state index in [9.17, 15) is 8.42 Å². The van der Waals surface area contributed by atoms with Gasteiger partial charge in [-0.05, 0) is 54.2 Å². The van der Waals surface area contributed by atoms with Gasteiger partial charge in [-0.25, -0.2) is 8.42 Å². The Hall–Kier alpha value is -1.81. The van der Waals surface area contributed by atoms with Crippen LogP contribution in [0.5, 0.6) is 0 Å². The van der Waals surface area contributed by atoms with Gasteiger partial charge in [0.05, 0.1) is 4.90 Å². The zero-order valence-electron chi connectivity index (χ0n) is 13.3. The molecule has 3 nitrogen and oxygen atoms in total. The molecule has 0 fully saturated rings. The number of sulfonamides is 1. The molecule has 0 unspecified atom stereocenters. The molecule has 0 saturated heterocycles. The fourth-order valence-corrected chi connectivity index (χ4v) is 3.29. The summed E-state index contributed by atoms with van der Waals surface area (Å²) in [5, 5.41) is 0. The maximum atomic E-state index is 12.4. The van der Waals surface area contributed by atoms with Gasteiger partial charge >= 0.3 is 0 Å². The van der Waals surface area contributed by atoms with E-state index in [1.165, 1.54) is 5.56 Å². The topological polar surface area (TPSA) is 46.2 Å². The van der Waals surface area contributed by atoms with Crippen molar-refractivity contribution < 1.29 is 8.42 Å². The smallest absolute Gasteiger partial charge is 0.261 e. The summed E-state index contributed by atoms with van der Waals surface area (Å²) >= 11 is 0. The maximum absolute atomic E-state index is 12.4. The van der Waals surface area contributed by atoms with Crippen molar-refractivity contribution in [2.75, 3.05) is 4.72 Å².